The van der Waals surface area contributed by atoms with Gasteiger partial charge in [-0.15, -0.1) is 11.3 Å². The Labute approximate surface area is 132 Å². The molecule has 6 heteroatoms. The van der Waals surface area contributed by atoms with Crippen molar-refractivity contribution < 1.29 is 0 Å². The molecule has 3 nitrogen and oxygen atoms in total. The summed E-state index contributed by atoms with van der Waals surface area (Å²) in [7, 11) is 0. The van der Waals surface area contributed by atoms with Crippen molar-refractivity contribution in [1.82, 2.24) is 0 Å². The van der Waals surface area contributed by atoms with Crippen LogP contribution in [-0.4, -0.2) is 12.5 Å². The standard InChI is InChI=1S/C13H11Br2N3S/c14-8-1-3-10(4-2-8)18-11(6-17-13(18)16)12-5-9(15)7-19-12/h1-5,7,11H,6H2,(H2,16,17). The molecule has 1 atom stereocenters. The first kappa shape index (κ1) is 13.1. The second kappa shape index (κ2) is 5.26. The fourth-order valence-corrected chi connectivity index (χ4v) is 3.92. The Morgan fingerprint density at radius 2 is 1.95 bits per heavy atom. The fraction of sp³-hybridized carbons (Fsp3) is 0.154. The van der Waals surface area contributed by atoms with E-state index >= 15 is 0 Å². The Kier molecular flexibility index (Phi) is 3.64. The minimum atomic E-state index is 0.192. The molecule has 1 aromatic heterocycles. The van der Waals surface area contributed by atoms with E-state index in [9.17, 15) is 0 Å². The third kappa shape index (κ3) is 2.57. The van der Waals surface area contributed by atoms with Gasteiger partial charge in [-0.3, -0.25) is 4.99 Å². The number of aliphatic imine (C=N–C) groups is 1. The first-order valence-electron chi connectivity index (χ1n) is 5.74. The molecule has 0 spiro atoms. The summed E-state index contributed by atoms with van der Waals surface area (Å²) >= 11 is 8.67. The van der Waals surface area contributed by atoms with Crippen LogP contribution in [0, 0.1) is 0 Å². The number of halogens is 2. The summed E-state index contributed by atoms with van der Waals surface area (Å²) in [4.78, 5) is 7.73. The Bertz CT molecular complexity index is 621. The number of thiophene rings is 1. The lowest BCUT2D eigenvalue weighted by Crippen LogP contribution is -2.35. The van der Waals surface area contributed by atoms with Gasteiger partial charge in [0.05, 0.1) is 12.6 Å². The number of guanidine groups is 1. The molecule has 1 aliphatic rings. The third-order valence-corrected chi connectivity index (χ3v) is 5.33. The fourth-order valence-electron chi connectivity index (χ4n) is 2.13. The first-order chi connectivity index (χ1) is 9.15. The molecule has 19 heavy (non-hydrogen) atoms. The molecule has 2 aromatic rings. The van der Waals surface area contributed by atoms with Crippen LogP contribution in [0.5, 0.6) is 0 Å². The van der Waals surface area contributed by atoms with Gasteiger partial charge in [-0.1, -0.05) is 15.9 Å². The zero-order valence-electron chi connectivity index (χ0n) is 9.88. The van der Waals surface area contributed by atoms with E-state index in [4.69, 9.17) is 5.73 Å². The van der Waals surface area contributed by atoms with Gasteiger partial charge in [0.2, 0.25) is 0 Å². The predicted octanol–water partition coefficient (Wildman–Crippen LogP) is 4.15. The van der Waals surface area contributed by atoms with E-state index in [1.807, 2.05) is 24.3 Å². The van der Waals surface area contributed by atoms with Crippen molar-refractivity contribution in [1.29, 1.82) is 0 Å². The predicted molar refractivity (Wildman–Crippen MR) is 87.9 cm³/mol. The van der Waals surface area contributed by atoms with Gasteiger partial charge in [-0.25, -0.2) is 0 Å². The maximum Gasteiger partial charge on any atom is 0.196 e. The van der Waals surface area contributed by atoms with Gasteiger partial charge in [-0.05, 0) is 46.3 Å². The average molecular weight is 401 g/mol. The summed E-state index contributed by atoms with van der Waals surface area (Å²) in [6.07, 6.45) is 0. The van der Waals surface area contributed by atoms with Crippen LogP contribution in [0.15, 0.2) is 49.6 Å². The van der Waals surface area contributed by atoms with E-state index in [2.05, 4.69) is 53.2 Å². The molecule has 0 radical (unpaired) electrons. The van der Waals surface area contributed by atoms with Crippen LogP contribution in [0.3, 0.4) is 0 Å². The van der Waals surface area contributed by atoms with Crippen molar-refractivity contribution in [3.8, 4) is 0 Å². The van der Waals surface area contributed by atoms with Gasteiger partial charge >= 0.3 is 0 Å². The zero-order valence-corrected chi connectivity index (χ0v) is 13.9. The topological polar surface area (TPSA) is 41.6 Å². The van der Waals surface area contributed by atoms with Gasteiger partial charge in [0.15, 0.2) is 5.96 Å². The lowest BCUT2D eigenvalue weighted by atomic mass is 10.2. The summed E-state index contributed by atoms with van der Waals surface area (Å²) in [5, 5.41) is 2.09. The SMILES string of the molecule is NC1=NCC(c2cc(Br)cs2)N1c1ccc(Br)cc1. The molecule has 2 N–H and O–H groups in total. The average Bonchev–Trinajstić information content (AvgIpc) is 2.97. The summed E-state index contributed by atoms with van der Waals surface area (Å²) in [5.74, 6) is 0.580. The highest BCUT2D eigenvalue weighted by Gasteiger charge is 2.29. The Balaban J connectivity index is 1.96. The van der Waals surface area contributed by atoms with Gasteiger partial charge < -0.3 is 10.6 Å². The molecule has 0 saturated heterocycles. The molecule has 0 bridgehead atoms. The minimum absolute atomic E-state index is 0.192. The van der Waals surface area contributed by atoms with Gasteiger partial charge in [0.25, 0.3) is 0 Å². The summed E-state index contributed by atoms with van der Waals surface area (Å²) in [5.41, 5.74) is 7.11. The lowest BCUT2D eigenvalue weighted by molar-refractivity contribution is 0.784. The van der Waals surface area contributed by atoms with Crippen LogP contribution in [0.25, 0.3) is 0 Å². The highest BCUT2D eigenvalue weighted by Crippen LogP contribution is 2.35. The maximum atomic E-state index is 6.04. The number of hydrogen-bond donors (Lipinski definition) is 1. The van der Waals surface area contributed by atoms with Gasteiger partial charge in [-0.2, -0.15) is 0 Å². The van der Waals surface area contributed by atoms with Crippen molar-refractivity contribution in [2.24, 2.45) is 10.7 Å². The number of benzene rings is 1. The van der Waals surface area contributed by atoms with Crippen molar-refractivity contribution in [3.63, 3.8) is 0 Å². The molecule has 98 valence electrons. The van der Waals surface area contributed by atoms with Crippen LogP contribution in [0.1, 0.15) is 10.9 Å². The Morgan fingerprint density at radius 1 is 1.21 bits per heavy atom. The monoisotopic (exact) mass is 399 g/mol. The Hall–Kier alpha value is -0.850. The quantitative estimate of drug-likeness (QED) is 0.822. The van der Waals surface area contributed by atoms with E-state index in [1.54, 1.807) is 11.3 Å². The van der Waals surface area contributed by atoms with E-state index in [0.717, 1.165) is 14.6 Å². The van der Waals surface area contributed by atoms with E-state index in [-0.39, 0.29) is 6.04 Å². The van der Waals surface area contributed by atoms with Crippen molar-refractivity contribution in [2.75, 3.05) is 11.4 Å². The molecule has 3 rings (SSSR count). The van der Waals surface area contributed by atoms with Crippen LogP contribution in [0.2, 0.25) is 0 Å². The number of rotatable bonds is 2. The van der Waals surface area contributed by atoms with Crippen molar-refractivity contribution in [2.45, 2.75) is 6.04 Å². The van der Waals surface area contributed by atoms with Gasteiger partial charge in [0.1, 0.15) is 0 Å². The lowest BCUT2D eigenvalue weighted by Gasteiger charge is -2.25. The zero-order chi connectivity index (χ0) is 13.4. The van der Waals surface area contributed by atoms with Crippen LogP contribution >= 0.6 is 43.2 Å². The molecule has 0 saturated carbocycles. The van der Waals surface area contributed by atoms with Crippen LogP contribution in [-0.2, 0) is 0 Å². The van der Waals surface area contributed by atoms with Crippen molar-refractivity contribution in [3.05, 3.63) is 49.5 Å². The number of anilines is 1. The molecule has 1 unspecified atom stereocenters. The number of nitrogens with zero attached hydrogens (tertiary/aromatic N) is 2. The first-order valence-corrected chi connectivity index (χ1v) is 8.20. The third-order valence-electron chi connectivity index (χ3n) is 3.01. The molecule has 0 aliphatic carbocycles. The highest BCUT2D eigenvalue weighted by molar-refractivity contribution is 9.10. The smallest absolute Gasteiger partial charge is 0.196 e. The molecular weight excluding hydrogens is 390 g/mol. The molecular formula is C13H11Br2N3S. The molecule has 0 fully saturated rings. The van der Waals surface area contributed by atoms with E-state index in [0.29, 0.717) is 12.5 Å². The normalized spacial score (nSPS) is 18.7. The maximum absolute atomic E-state index is 6.04. The molecule has 0 amide bonds. The largest absolute Gasteiger partial charge is 0.369 e. The molecule has 2 heterocycles. The number of nitrogens with two attached hydrogens (primary N) is 1. The molecule has 1 aliphatic heterocycles. The Morgan fingerprint density at radius 3 is 2.58 bits per heavy atom. The minimum Gasteiger partial charge on any atom is -0.369 e. The molecule has 1 aromatic carbocycles. The summed E-state index contributed by atoms with van der Waals surface area (Å²) in [6, 6.07) is 10.5. The second-order valence-electron chi connectivity index (χ2n) is 4.23. The number of hydrogen-bond acceptors (Lipinski definition) is 4. The van der Waals surface area contributed by atoms with Crippen LogP contribution < -0.4 is 10.6 Å². The highest BCUT2D eigenvalue weighted by atomic mass is 79.9. The summed E-state index contributed by atoms with van der Waals surface area (Å²) in [6.45, 7) is 0.703. The summed E-state index contributed by atoms with van der Waals surface area (Å²) < 4.78 is 2.16. The van der Waals surface area contributed by atoms with Crippen molar-refractivity contribution >= 4 is 54.8 Å². The van der Waals surface area contributed by atoms with Crippen LogP contribution in [0.4, 0.5) is 5.69 Å². The van der Waals surface area contributed by atoms with Gasteiger partial charge in [0, 0.05) is 24.9 Å². The van der Waals surface area contributed by atoms with E-state index in [1.165, 1.54) is 4.88 Å². The van der Waals surface area contributed by atoms with E-state index < -0.39 is 0 Å². The second-order valence-corrected chi connectivity index (χ2v) is 7.00.